The van der Waals surface area contributed by atoms with E-state index in [-0.39, 0.29) is 0 Å². The van der Waals surface area contributed by atoms with Crippen molar-refractivity contribution in [3.05, 3.63) is 86.9 Å². The lowest BCUT2D eigenvalue weighted by atomic mass is 10.1. The molecule has 33 heavy (non-hydrogen) atoms. The van der Waals surface area contributed by atoms with Gasteiger partial charge in [0.05, 0.1) is 17.6 Å². The standard InChI is InChI=1S/C24H24BrN5O2S/c1-3-31-21-13-18(12-20(25)22(21)32-15-17-6-4-16(2)5-7-17)14-27-30-23(28-29-24(30)33)19-8-10-26-11-9-19/h4-13,27H,3,14-15H2,1-2H3,(H,29,33). The van der Waals surface area contributed by atoms with Crippen LogP contribution in [-0.2, 0) is 13.2 Å². The molecule has 2 aromatic carbocycles. The molecule has 0 aliphatic heterocycles. The molecule has 0 spiro atoms. The van der Waals surface area contributed by atoms with Crippen LogP contribution in [-0.4, -0.2) is 26.5 Å². The molecule has 0 aliphatic carbocycles. The number of pyridine rings is 1. The van der Waals surface area contributed by atoms with E-state index < -0.39 is 0 Å². The van der Waals surface area contributed by atoms with Crippen molar-refractivity contribution >= 4 is 28.1 Å². The quantitative estimate of drug-likeness (QED) is 0.269. The van der Waals surface area contributed by atoms with E-state index in [1.165, 1.54) is 5.56 Å². The van der Waals surface area contributed by atoms with E-state index in [4.69, 9.17) is 21.7 Å². The van der Waals surface area contributed by atoms with Gasteiger partial charge in [0.15, 0.2) is 17.3 Å². The molecule has 9 heteroatoms. The van der Waals surface area contributed by atoms with Crippen LogP contribution in [0.25, 0.3) is 11.4 Å². The van der Waals surface area contributed by atoms with E-state index >= 15 is 0 Å². The maximum Gasteiger partial charge on any atom is 0.214 e. The zero-order chi connectivity index (χ0) is 23.2. The molecular formula is C24H24BrN5O2S. The molecule has 0 saturated carbocycles. The lowest BCUT2D eigenvalue weighted by Crippen LogP contribution is -2.16. The number of hydrogen-bond donors (Lipinski definition) is 2. The van der Waals surface area contributed by atoms with Crippen LogP contribution in [0.5, 0.6) is 11.5 Å². The Morgan fingerprint density at radius 2 is 1.82 bits per heavy atom. The number of nitrogens with one attached hydrogen (secondary N) is 2. The van der Waals surface area contributed by atoms with E-state index in [1.807, 2.05) is 31.2 Å². The highest BCUT2D eigenvalue weighted by Crippen LogP contribution is 2.37. The summed E-state index contributed by atoms with van der Waals surface area (Å²) in [5, 5.41) is 7.18. The minimum absolute atomic E-state index is 0.454. The van der Waals surface area contributed by atoms with Gasteiger partial charge in [-0.2, -0.15) is 5.10 Å². The Morgan fingerprint density at radius 3 is 2.55 bits per heavy atom. The van der Waals surface area contributed by atoms with Crippen molar-refractivity contribution in [2.45, 2.75) is 27.0 Å². The first-order valence-electron chi connectivity index (χ1n) is 10.5. The van der Waals surface area contributed by atoms with Crippen molar-refractivity contribution < 1.29 is 9.47 Å². The average Bonchev–Trinajstić information content (AvgIpc) is 3.19. The van der Waals surface area contributed by atoms with Gasteiger partial charge in [-0.15, -0.1) is 0 Å². The molecule has 4 aromatic rings. The summed E-state index contributed by atoms with van der Waals surface area (Å²) in [5.41, 5.74) is 7.55. The molecule has 2 aromatic heterocycles. The average molecular weight is 526 g/mol. The molecule has 0 bridgehead atoms. The molecule has 0 amide bonds. The van der Waals surface area contributed by atoms with Crippen LogP contribution in [0.4, 0.5) is 0 Å². The van der Waals surface area contributed by atoms with Crippen molar-refractivity contribution in [1.29, 1.82) is 0 Å². The summed E-state index contributed by atoms with van der Waals surface area (Å²) in [6.07, 6.45) is 3.44. The van der Waals surface area contributed by atoms with Crippen molar-refractivity contribution in [2.75, 3.05) is 12.0 Å². The number of aromatic nitrogens is 4. The molecule has 4 rings (SSSR count). The van der Waals surface area contributed by atoms with Gasteiger partial charge in [-0.25, -0.2) is 9.77 Å². The SMILES string of the molecule is CCOc1cc(CNn2c(-c3ccncc3)n[nH]c2=S)cc(Br)c1OCc1ccc(C)cc1. The first kappa shape index (κ1) is 23.0. The lowest BCUT2D eigenvalue weighted by molar-refractivity contribution is 0.267. The number of halogens is 1. The van der Waals surface area contributed by atoms with Gasteiger partial charge < -0.3 is 14.9 Å². The van der Waals surface area contributed by atoms with Crippen molar-refractivity contribution in [2.24, 2.45) is 0 Å². The first-order chi connectivity index (χ1) is 16.0. The third-order valence-electron chi connectivity index (χ3n) is 4.93. The summed E-state index contributed by atoms with van der Waals surface area (Å²) < 4.78 is 15.0. The Kier molecular flexibility index (Phi) is 7.41. The maximum absolute atomic E-state index is 6.11. The molecule has 7 nitrogen and oxygen atoms in total. The van der Waals surface area contributed by atoms with Crippen LogP contribution in [0, 0.1) is 11.7 Å². The lowest BCUT2D eigenvalue weighted by Gasteiger charge is -2.16. The van der Waals surface area contributed by atoms with Gasteiger partial charge in [0.2, 0.25) is 4.77 Å². The van der Waals surface area contributed by atoms with Gasteiger partial charge in [-0.3, -0.25) is 4.98 Å². The fraction of sp³-hybridized carbons (Fsp3) is 0.208. The van der Waals surface area contributed by atoms with Crippen LogP contribution < -0.4 is 14.9 Å². The summed E-state index contributed by atoms with van der Waals surface area (Å²) in [5.74, 6) is 2.05. The van der Waals surface area contributed by atoms with Crippen molar-refractivity contribution in [3.63, 3.8) is 0 Å². The fourth-order valence-electron chi connectivity index (χ4n) is 3.27. The monoisotopic (exact) mass is 525 g/mol. The van der Waals surface area contributed by atoms with E-state index in [1.54, 1.807) is 17.1 Å². The van der Waals surface area contributed by atoms with Gasteiger partial charge in [0.25, 0.3) is 0 Å². The third-order valence-corrected chi connectivity index (χ3v) is 5.79. The predicted octanol–water partition coefficient (Wildman–Crippen LogP) is 5.80. The molecule has 0 unspecified atom stereocenters. The Labute approximate surface area is 205 Å². The summed E-state index contributed by atoms with van der Waals surface area (Å²) in [7, 11) is 0. The molecule has 0 atom stereocenters. The highest BCUT2D eigenvalue weighted by Gasteiger charge is 2.14. The number of ether oxygens (including phenoxy) is 2. The summed E-state index contributed by atoms with van der Waals surface area (Å²) in [4.78, 5) is 4.06. The van der Waals surface area contributed by atoms with E-state index in [0.29, 0.717) is 41.9 Å². The van der Waals surface area contributed by atoms with E-state index in [2.05, 4.69) is 67.7 Å². The second kappa shape index (κ2) is 10.6. The molecule has 0 aliphatic rings. The highest BCUT2D eigenvalue weighted by atomic mass is 79.9. The number of aromatic amines is 1. The zero-order valence-corrected chi connectivity index (χ0v) is 20.7. The minimum atomic E-state index is 0.454. The molecule has 2 N–H and O–H groups in total. The predicted molar refractivity (Wildman–Crippen MR) is 135 cm³/mol. The first-order valence-corrected chi connectivity index (χ1v) is 11.7. The van der Waals surface area contributed by atoms with Crippen molar-refractivity contribution in [3.8, 4) is 22.9 Å². The van der Waals surface area contributed by atoms with Crippen LogP contribution >= 0.6 is 28.1 Å². The van der Waals surface area contributed by atoms with Crippen LogP contribution in [0.3, 0.4) is 0 Å². The minimum Gasteiger partial charge on any atom is -0.490 e. The molecule has 0 radical (unpaired) electrons. The zero-order valence-electron chi connectivity index (χ0n) is 18.3. The number of aryl methyl sites for hydroxylation is 1. The Bertz CT molecular complexity index is 1270. The van der Waals surface area contributed by atoms with Crippen molar-refractivity contribution in [1.82, 2.24) is 19.9 Å². The number of hydrogen-bond acceptors (Lipinski definition) is 6. The van der Waals surface area contributed by atoms with Gasteiger partial charge >= 0.3 is 0 Å². The summed E-state index contributed by atoms with van der Waals surface area (Å²) >= 11 is 9.06. The Hall–Kier alpha value is -3.17. The number of H-pyrrole nitrogens is 1. The number of rotatable bonds is 9. The summed E-state index contributed by atoms with van der Waals surface area (Å²) in [6, 6.07) is 16.0. The van der Waals surface area contributed by atoms with Crippen LogP contribution in [0.2, 0.25) is 0 Å². The number of benzene rings is 2. The second-order valence-electron chi connectivity index (χ2n) is 7.37. The van der Waals surface area contributed by atoms with Gasteiger partial charge in [-0.05, 0) is 77.4 Å². The summed E-state index contributed by atoms with van der Waals surface area (Å²) in [6.45, 7) is 5.51. The Balaban J connectivity index is 1.53. The van der Waals surface area contributed by atoms with Gasteiger partial charge in [-0.1, -0.05) is 29.8 Å². The molecule has 0 saturated heterocycles. The normalized spacial score (nSPS) is 10.8. The number of nitrogens with zero attached hydrogens (tertiary/aromatic N) is 3. The molecule has 2 heterocycles. The maximum atomic E-state index is 6.11. The van der Waals surface area contributed by atoms with Gasteiger partial charge in [0.1, 0.15) is 6.61 Å². The fourth-order valence-corrected chi connectivity index (χ4v) is 4.08. The topological polar surface area (TPSA) is 77.0 Å². The largest absolute Gasteiger partial charge is 0.490 e. The highest BCUT2D eigenvalue weighted by molar-refractivity contribution is 9.10. The smallest absolute Gasteiger partial charge is 0.214 e. The van der Waals surface area contributed by atoms with E-state index in [9.17, 15) is 0 Å². The second-order valence-corrected chi connectivity index (χ2v) is 8.61. The van der Waals surface area contributed by atoms with Crippen LogP contribution in [0.1, 0.15) is 23.6 Å². The molecule has 170 valence electrons. The van der Waals surface area contributed by atoms with Crippen LogP contribution in [0.15, 0.2) is 65.4 Å². The molecule has 0 fully saturated rings. The third kappa shape index (κ3) is 5.61. The van der Waals surface area contributed by atoms with E-state index in [0.717, 1.165) is 21.2 Å². The van der Waals surface area contributed by atoms with Gasteiger partial charge in [0, 0.05) is 18.0 Å². The molecular weight excluding hydrogens is 502 g/mol. The Morgan fingerprint density at radius 1 is 1.06 bits per heavy atom.